The summed E-state index contributed by atoms with van der Waals surface area (Å²) < 4.78 is 25.1. The van der Waals surface area contributed by atoms with E-state index >= 15 is 0 Å². The molecule has 5 atom stereocenters. The van der Waals surface area contributed by atoms with Crippen LogP contribution >= 0.6 is 11.6 Å². The van der Waals surface area contributed by atoms with Crippen molar-refractivity contribution in [2.24, 2.45) is 0 Å². The van der Waals surface area contributed by atoms with Gasteiger partial charge in [0.2, 0.25) is 12.4 Å². The van der Waals surface area contributed by atoms with Crippen LogP contribution < -0.4 is 0 Å². The molecule has 0 spiro atoms. The zero-order valence-electron chi connectivity index (χ0n) is 12.9. The van der Waals surface area contributed by atoms with Crippen LogP contribution in [0.2, 0.25) is 0 Å². The molecule has 1 rings (SSSR count). The summed E-state index contributed by atoms with van der Waals surface area (Å²) in [5, 5.41) is 0. The van der Waals surface area contributed by atoms with Crippen molar-refractivity contribution in [2.45, 2.75) is 57.9 Å². The lowest BCUT2D eigenvalue weighted by molar-refractivity contribution is -0.282. The van der Waals surface area contributed by atoms with Gasteiger partial charge in [0.1, 0.15) is 0 Å². The normalized spacial score (nSPS) is 30.0. The third-order valence-electron chi connectivity index (χ3n) is 2.63. The first-order chi connectivity index (χ1) is 10.6. The molecule has 1 heterocycles. The molecule has 0 aromatic carbocycles. The van der Waals surface area contributed by atoms with Crippen molar-refractivity contribution < 1.29 is 42.9 Å². The Labute approximate surface area is 137 Å². The summed E-state index contributed by atoms with van der Waals surface area (Å²) in [4.78, 5) is 45.0. The third kappa shape index (κ3) is 5.68. The van der Waals surface area contributed by atoms with Crippen LogP contribution in [0.15, 0.2) is 0 Å². The first-order valence-corrected chi connectivity index (χ1v) is 7.04. The Hall–Kier alpha value is -1.87. The lowest BCUT2D eigenvalue weighted by Gasteiger charge is -2.41. The van der Waals surface area contributed by atoms with Gasteiger partial charge in [0.25, 0.3) is 0 Å². The molecule has 1 saturated heterocycles. The van der Waals surface area contributed by atoms with Gasteiger partial charge < -0.3 is 23.7 Å². The van der Waals surface area contributed by atoms with Crippen LogP contribution in [-0.4, -0.2) is 54.0 Å². The lowest BCUT2D eigenvalue weighted by Crippen LogP contribution is -2.60. The third-order valence-corrected chi connectivity index (χ3v) is 2.98. The first-order valence-electron chi connectivity index (χ1n) is 6.60. The Kier molecular flexibility index (Phi) is 6.77. The Morgan fingerprint density at radius 2 is 1.09 bits per heavy atom. The highest BCUT2D eigenvalue weighted by molar-refractivity contribution is 6.20. The SMILES string of the molecule is CC(=O)O[C@H]1O[C@@H](Cl)[C@H](OC(C)=O)[C@@H](OC(C)=O)[C@H]1OC(C)=O. The van der Waals surface area contributed by atoms with Crippen molar-refractivity contribution >= 4 is 35.5 Å². The summed E-state index contributed by atoms with van der Waals surface area (Å²) in [5.41, 5.74) is -1.29. The van der Waals surface area contributed by atoms with E-state index in [4.69, 9.17) is 35.3 Å². The second-order valence-electron chi connectivity index (χ2n) is 4.69. The number of rotatable bonds is 4. The second kappa shape index (κ2) is 8.11. The maximum absolute atomic E-state index is 11.3. The van der Waals surface area contributed by atoms with E-state index in [0.717, 1.165) is 27.7 Å². The van der Waals surface area contributed by atoms with Gasteiger partial charge in [-0.2, -0.15) is 0 Å². The number of carbonyl (C=O) groups is 4. The monoisotopic (exact) mass is 352 g/mol. The highest BCUT2D eigenvalue weighted by Crippen LogP contribution is 2.31. The number of hydrogen-bond acceptors (Lipinski definition) is 9. The number of ether oxygens (including phenoxy) is 5. The molecule has 0 unspecified atom stereocenters. The maximum atomic E-state index is 11.3. The summed E-state index contributed by atoms with van der Waals surface area (Å²) in [7, 11) is 0. The molecular weight excluding hydrogens is 336 g/mol. The van der Waals surface area contributed by atoms with Crippen molar-refractivity contribution in [3.05, 3.63) is 0 Å². The molecule has 9 nitrogen and oxygen atoms in total. The van der Waals surface area contributed by atoms with E-state index in [9.17, 15) is 19.2 Å². The van der Waals surface area contributed by atoms with Crippen LogP contribution in [0.25, 0.3) is 0 Å². The van der Waals surface area contributed by atoms with E-state index in [2.05, 4.69) is 0 Å². The smallest absolute Gasteiger partial charge is 0.305 e. The molecule has 0 N–H and O–H groups in total. The summed E-state index contributed by atoms with van der Waals surface area (Å²) in [6, 6.07) is 0. The summed E-state index contributed by atoms with van der Waals surface area (Å²) in [6.07, 6.45) is -5.33. The van der Waals surface area contributed by atoms with E-state index in [1.165, 1.54) is 0 Å². The van der Waals surface area contributed by atoms with Crippen molar-refractivity contribution in [1.82, 2.24) is 0 Å². The van der Waals surface area contributed by atoms with Crippen molar-refractivity contribution in [2.75, 3.05) is 0 Å². The summed E-state index contributed by atoms with van der Waals surface area (Å²) >= 11 is 5.96. The quantitative estimate of drug-likeness (QED) is 0.399. The van der Waals surface area contributed by atoms with Crippen LogP contribution in [0.1, 0.15) is 27.7 Å². The van der Waals surface area contributed by atoms with E-state index in [0.29, 0.717) is 0 Å². The van der Waals surface area contributed by atoms with E-state index in [-0.39, 0.29) is 0 Å². The Balaban J connectivity index is 3.15. The average molecular weight is 353 g/mol. The van der Waals surface area contributed by atoms with Crippen LogP contribution in [0.4, 0.5) is 0 Å². The Bertz CT molecular complexity index is 492. The molecule has 23 heavy (non-hydrogen) atoms. The molecule has 0 aromatic heterocycles. The van der Waals surface area contributed by atoms with Crippen molar-refractivity contribution in [3.8, 4) is 0 Å². The van der Waals surface area contributed by atoms with Crippen molar-refractivity contribution in [1.29, 1.82) is 0 Å². The minimum Gasteiger partial charge on any atom is -0.454 e. The van der Waals surface area contributed by atoms with Crippen molar-refractivity contribution in [3.63, 3.8) is 0 Å². The fraction of sp³-hybridized carbons (Fsp3) is 0.692. The van der Waals surface area contributed by atoms with Gasteiger partial charge in [-0.05, 0) is 0 Å². The minimum atomic E-state index is -1.42. The van der Waals surface area contributed by atoms with Crippen LogP contribution in [0.5, 0.6) is 0 Å². The maximum Gasteiger partial charge on any atom is 0.305 e. The second-order valence-corrected chi connectivity index (χ2v) is 5.12. The Morgan fingerprint density at radius 3 is 1.52 bits per heavy atom. The van der Waals surface area contributed by atoms with Gasteiger partial charge in [-0.3, -0.25) is 19.2 Å². The molecule has 1 aliphatic rings. The molecule has 0 bridgehead atoms. The standard InChI is InChI=1S/C13H17ClO9/c1-5(15)19-9-10(20-6(2)16)12(14)23-13(22-8(4)18)11(9)21-7(3)17/h9-13H,1-4H3/t9-,10-,11-,12-,13+/m1/s1. The van der Waals surface area contributed by atoms with Gasteiger partial charge in [-0.15, -0.1) is 0 Å². The van der Waals surface area contributed by atoms with Crippen LogP contribution in [0, 0.1) is 0 Å². The first kappa shape index (κ1) is 19.2. The molecule has 0 amide bonds. The molecule has 0 radical (unpaired) electrons. The number of hydrogen-bond donors (Lipinski definition) is 0. The number of alkyl halides is 1. The largest absolute Gasteiger partial charge is 0.454 e. The highest BCUT2D eigenvalue weighted by atomic mass is 35.5. The van der Waals surface area contributed by atoms with E-state index in [1.807, 2.05) is 0 Å². The summed E-state index contributed by atoms with van der Waals surface area (Å²) in [6.45, 7) is 4.43. The molecule has 0 aromatic rings. The summed E-state index contributed by atoms with van der Waals surface area (Å²) in [5.74, 6) is -2.93. The molecule has 0 saturated carbocycles. The van der Waals surface area contributed by atoms with Gasteiger partial charge in [0.15, 0.2) is 17.8 Å². The minimum absolute atomic E-state index is 0.714. The number of esters is 4. The molecular formula is C13H17ClO9. The lowest BCUT2D eigenvalue weighted by atomic mass is 10.0. The number of halogens is 1. The topological polar surface area (TPSA) is 114 Å². The fourth-order valence-electron chi connectivity index (χ4n) is 1.98. The molecule has 1 fully saturated rings. The number of carbonyl (C=O) groups excluding carboxylic acids is 4. The highest BCUT2D eigenvalue weighted by Gasteiger charge is 2.52. The van der Waals surface area contributed by atoms with Gasteiger partial charge in [0.05, 0.1) is 0 Å². The molecule has 130 valence electrons. The molecule has 1 aliphatic heterocycles. The fourth-order valence-corrected chi connectivity index (χ4v) is 2.28. The van der Waals surface area contributed by atoms with E-state index in [1.54, 1.807) is 0 Å². The van der Waals surface area contributed by atoms with Gasteiger partial charge in [-0.25, -0.2) is 0 Å². The molecule has 10 heteroatoms. The van der Waals surface area contributed by atoms with Gasteiger partial charge in [0, 0.05) is 27.7 Å². The molecule has 0 aliphatic carbocycles. The predicted molar refractivity (Wildman–Crippen MR) is 72.9 cm³/mol. The van der Waals surface area contributed by atoms with E-state index < -0.39 is 54.0 Å². The van der Waals surface area contributed by atoms with Gasteiger partial charge >= 0.3 is 23.9 Å². The predicted octanol–water partition coefficient (Wildman–Crippen LogP) is 0.266. The Morgan fingerprint density at radius 1 is 0.696 bits per heavy atom. The zero-order valence-corrected chi connectivity index (χ0v) is 13.7. The van der Waals surface area contributed by atoms with Crippen LogP contribution in [-0.2, 0) is 42.9 Å². The van der Waals surface area contributed by atoms with Crippen LogP contribution in [0.3, 0.4) is 0 Å². The zero-order chi connectivity index (χ0) is 17.7. The van der Waals surface area contributed by atoms with Gasteiger partial charge in [-0.1, -0.05) is 11.6 Å². The average Bonchev–Trinajstić information content (AvgIpc) is 2.36.